The minimum Gasteiger partial charge on any atom is -0.437 e. The molecule has 0 radical (unpaired) electrons. The molecule has 1 atom stereocenters. The van der Waals surface area contributed by atoms with Crippen LogP contribution in [0.4, 0.5) is 0 Å². The van der Waals surface area contributed by atoms with E-state index in [1.54, 1.807) is 7.11 Å². The first kappa shape index (κ1) is 32.2. The third-order valence-corrected chi connectivity index (χ3v) is 18.2. The smallest absolute Gasteiger partial charge is 0.314 e. The molecule has 0 heterocycles. The van der Waals surface area contributed by atoms with Crippen molar-refractivity contribution in [1.82, 2.24) is 0 Å². The molecule has 0 saturated heterocycles. The summed E-state index contributed by atoms with van der Waals surface area (Å²) in [6.07, 6.45) is 0.969. The molecular formula is C16H46O4Si4. The normalized spacial score (nSPS) is 13.8. The lowest BCUT2D eigenvalue weighted by molar-refractivity contribution is 0.196. The summed E-state index contributed by atoms with van der Waals surface area (Å²) in [6, 6.07) is 1.73. The molecule has 0 aliphatic rings. The van der Waals surface area contributed by atoms with Crippen molar-refractivity contribution in [1.29, 1.82) is 0 Å². The molecule has 0 aromatic carbocycles. The van der Waals surface area contributed by atoms with Gasteiger partial charge in [0.25, 0.3) is 8.68 Å². The van der Waals surface area contributed by atoms with Crippen LogP contribution in [0.5, 0.6) is 0 Å². The predicted octanol–water partition coefficient (Wildman–Crippen LogP) is 6.06. The Morgan fingerprint density at radius 3 is 1.79 bits per heavy atom. The lowest BCUT2D eigenvalue weighted by Crippen LogP contribution is -2.54. The number of rotatable bonds is 11. The highest BCUT2D eigenvalue weighted by molar-refractivity contribution is 6.90. The van der Waals surface area contributed by atoms with Gasteiger partial charge < -0.3 is 17.4 Å². The molecule has 0 spiro atoms. The summed E-state index contributed by atoms with van der Waals surface area (Å²) in [4.78, 5) is 0. The Balaban J connectivity index is -0.000000667. The summed E-state index contributed by atoms with van der Waals surface area (Å²) in [5.74, 6) is 0. The van der Waals surface area contributed by atoms with Crippen LogP contribution in [-0.4, -0.2) is 47.6 Å². The standard InChI is InChI=1S/C13H34O4Si4.3CH4/c1-9-18(14)13-20(6,7)17-21(8,12-10-11-15-2)16-19(3,4)5;;;/h9-13H2,1-8H3;3*1H4. The molecule has 4 nitrogen and oxygen atoms in total. The van der Waals surface area contributed by atoms with Crippen LogP contribution in [0.2, 0.25) is 57.0 Å². The molecule has 0 rings (SSSR count). The second-order valence-corrected chi connectivity index (χ2v) is 22.7. The highest BCUT2D eigenvalue weighted by Crippen LogP contribution is 2.27. The van der Waals surface area contributed by atoms with Crippen molar-refractivity contribution in [2.45, 2.75) is 92.7 Å². The highest BCUT2D eigenvalue weighted by Gasteiger charge is 2.42. The molecule has 0 aliphatic carbocycles. The summed E-state index contributed by atoms with van der Waals surface area (Å²) in [6.45, 7) is 15.9. The van der Waals surface area contributed by atoms with Crippen molar-refractivity contribution in [3.8, 4) is 0 Å². The quantitative estimate of drug-likeness (QED) is 0.304. The maximum Gasteiger partial charge on any atom is 0.314 e. The molecular weight excluding hydrogens is 369 g/mol. The molecule has 0 aromatic rings. The molecule has 0 N–H and O–H groups in total. The Morgan fingerprint density at radius 1 is 0.917 bits per heavy atom. The summed E-state index contributed by atoms with van der Waals surface area (Å²) >= 11 is 0. The monoisotopic (exact) mass is 414 g/mol. The molecule has 150 valence electrons. The zero-order chi connectivity index (χ0) is 16.7. The zero-order valence-electron chi connectivity index (χ0n) is 15.2. The van der Waals surface area contributed by atoms with Crippen molar-refractivity contribution in [3.05, 3.63) is 0 Å². The van der Waals surface area contributed by atoms with Crippen LogP contribution in [-0.2, 0) is 17.4 Å². The molecule has 8 heteroatoms. The lowest BCUT2D eigenvalue weighted by atomic mass is 10.5. The number of methoxy groups -OCH3 is 1. The maximum atomic E-state index is 12.0. The van der Waals surface area contributed by atoms with Crippen LogP contribution < -0.4 is 0 Å². The fourth-order valence-electron chi connectivity index (χ4n) is 2.53. The van der Waals surface area contributed by atoms with E-state index in [-0.39, 0.29) is 22.3 Å². The third-order valence-electron chi connectivity index (χ3n) is 3.01. The van der Waals surface area contributed by atoms with Crippen molar-refractivity contribution >= 4 is 33.9 Å². The number of ether oxygens (including phenoxy) is 1. The predicted molar refractivity (Wildman–Crippen MR) is 118 cm³/mol. The van der Waals surface area contributed by atoms with Gasteiger partial charge in [-0.3, -0.25) is 0 Å². The first-order valence-corrected chi connectivity index (χ1v) is 18.7. The van der Waals surface area contributed by atoms with Gasteiger partial charge in [0, 0.05) is 19.4 Å². The Morgan fingerprint density at radius 2 is 1.42 bits per heavy atom. The average Bonchev–Trinajstić information content (AvgIpc) is 2.24. The van der Waals surface area contributed by atoms with Crippen molar-refractivity contribution in [2.75, 3.05) is 13.7 Å². The van der Waals surface area contributed by atoms with Gasteiger partial charge in [-0.1, -0.05) is 29.2 Å². The van der Waals surface area contributed by atoms with Crippen LogP contribution in [0, 0.1) is 0 Å². The molecule has 24 heavy (non-hydrogen) atoms. The zero-order valence-corrected chi connectivity index (χ0v) is 19.2. The van der Waals surface area contributed by atoms with Crippen molar-refractivity contribution < 1.29 is 17.4 Å². The van der Waals surface area contributed by atoms with Gasteiger partial charge in [0.2, 0.25) is 0 Å². The molecule has 0 fully saturated rings. The van der Waals surface area contributed by atoms with E-state index in [1.165, 1.54) is 0 Å². The van der Waals surface area contributed by atoms with E-state index in [2.05, 4.69) is 39.3 Å². The minimum absolute atomic E-state index is 0. The Labute approximate surface area is 157 Å². The molecule has 0 aromatic heterocycles. The highest BCUT2D eigenvalue weighted by atomic mass is 28.5. The molecule has 0 aliphatic heterocycles. The van der Waals surface area contributed by atoms with Crippen LogP contribution >= 0.6 is 0 Å². The van der Waals surface area contributed by atoms with Crippen molar-refractivity contribution in [3.63, 3.8) is 0 Å². The van der Waals surface area contributed by atoms with Gasteiger partial charge in [-0.15, -0.1) is 0 Å². The molecule has 0 bridgehead atoms. The van der Waals surface area contributed by atoms with Crippen LogP contribution in [0.1, 0.15) is 35.6 Å². The Kier molecular flexibility index (Phi) is 18.4. The summed E-state index contributed by atoms with van der Waals surface area (Å²) < 4.78 is 30.2. The minimum atomic E-state index is -2.22. The third kappa shape index (κ3) is 16.0. The first-order chi connectivity index (χ1) is 9.43. The Hall–Kier alpha value is 0.548. The van der Waals surface area contributed by atoms with E-state index in [1.807, 2.05) is 6.92 Å². The fourth-order valence-corrected chi connectivity index (χ4v) is 20.3. The van der Waals surface area contributed by atoms with Crippen LogP contribution in [0.15, 0.2) is 0 Å². The van der Waals surface area contributed by atoms with Gasteiger partial charge in [0.05, 0.1) is 0 Å². The van der Waals surface area contributed by atoms with E-state index >= 15 is 0 Å². The molecule has 0 amide bonds. The van der Waals surface area contributed by atoms with E-state index in [9.17, 15) is 4.46 Å². The average molecular weight is 415 g/mol. The largest absolute Gasteiger partial charge is 0.437 e. The van der Waals surface area contributed by atoms with Gasteiger partial charge in [-0.05, 0) is 57.8 Å². The van der Waals surface area contributed by atoms with Gasteiger partial charge in [-0.25, -0.2) is 0 Å². The summed E-state index contributed by atoms with van der Waals surface area (Å²) in [5, 5.41) is 0. The number of hydrogen-bond acceptors (Lipinski definition) is 4. The van der Waals surface area contributed by atoms with Crippen LogP contribution in [0.25, 0.3) is 0 Å². The van der Waals surface area contributed by atoms with Gasteiger partial charge in [0.15, 0.2) is 16.6 Å². The first-order valence-electron chi connectivity index (χ1n) is 7.84. The Bertz CT molecular complexity index is 333. The van der Waals surface area contributed by atoms with E-state index in [0.717, 1.165) is 30.8 Å². The van der Waals surface area contributed by atoms with E-state index < -0.39 is 33.9 Å². The van der Waals surface area contributed by atoms with Gasteiger partial charge >= 0.3 is 8.56 Å². The number of hydrogen-bond donors (Lipinski definition) is 0. The van der Waals surface area contributed by atoms with Gasteiger partial charge in [-0.2, -0.15) is 0 Å². The summed E-state index contributed by atoms with van der Waals surface area (Å²) in [7, 11) is -5.56. The second kappa shape index (κ2) is 13.7. The fraction of sp³-hybridized carbons (Fsp3) is 1.00. The molecule has 0 saturated carbocycles. The van der Waals surface area contributed by atoms with Crippen LogP contribution in [0.3, 0.4) is 0 Å². The SMILES string of the molecule is C.C.C.CC[Si](=O)C[Si](C)(C)O[Si](C)(CCCOC)O[Si](C)(C)C. The maximum absolute atomic E-state index is 12.0. The lowest BCUT2D eigenvalue weighted by Gasteiger charge is -2.39. The topological polar surface area (TPSA) is 44.8 Å². The van der Waals surface area contributed by atoms with Gasteiger partial charge in [0.1, 0.15) is 0 Å². The van der Waals surface area contributed by atoms with Crippen molar-refractivity contribution in [2.24, 2.45) is 0 Å². The van der Waals surface area contributed by atoms with E-state index in [4.69, 9.17) is 13.0 Å². The molecule has 1 unspecified atom stereocenters. The second-order valence-electron chi connectivity index (χ2n) is 7.38. The summed E-state index contributed by atoms with van der Waals surface area (Å²) in [5.41, 5.74) is 0.774. The van der Waals surface area contributed by atoms with E-state index in [0.29, 0.717) is 0 Å².